The first-order valence-electron chi connectivity index (χ1n) is 14.1. The number of benzene rings is 3. The summed E-state index contributed by atoms with van der Waals surface area (Å²) in [6.07, 6.45) is 14.5. The minimum Gasteiger partial charge on any atom is -1.00 e. The van der Waals surface area contributed by atoms with Crippen molar-refractivity contribution < 1.29 is 26.6 Å². The van der Waals surface area contributed by atoms with Crippen LogP contribution in [0.4, 0.5) is 0 Å². The second-order valence-corrected chi connectivity index (χ2v) is 14.0. The van der Waals surface area contributed by atoms with Gasteiger partial charge in [-0.2, -0.15) is 0 Å². The summed E-state index contributed by atoms with van der Waals surface area (Å²) in [6, 6.07) is 33.5. The lowest BCUT2D eigenvalue weighted by Gasteiger charge is -2.27. The molecule has 0 fully saturated rings. The predicted molar refractivity (Wildman–Crippen MR) is 163 cm³/mol. The highest BCUT2D eigenvalue weighted by molar-refractivity contribution is 7.95. The molecule has 1 aliphatic rings. The van der Waals surface area contributed by atoms with E-state index in [-0.39, 0.29) is 28.5 Å². The molecule has 0 radical (unpaired) electrons. The van der Waals surface area contributed by atoms with Gasteiger partial charge in [-0.1, -0.05) is 86.7 Å². The molecule has 0 saturated heterocycles. The Morgan fingerprint density at radius 2 is 0.923 bits per heavy atom. The Balaban J connectivity index is 0.00000420. The van der Waals surface area contributed by atoms with E-state index in [0.29, 0.717) is 11.1 Å². The van der Waals surface area contributed by atoms with Gasteiger partial charge in [-0.3, -0.25) is 9.59 Å². The molecular formula is C35H40BrO2P. The Labute approximate surface area is 245 Å². The zero-order chi connectivity index (χ0) is 26.6. The number of hydrogen-bond donors (Lipinski definition) is 0. The fourth-order valence-electron chi connectivity index (χ4n) is 5.51. The molecule has 0 aliphatic heterocycles. The smallest absolute Gasteiger partial charge is 0.182 e. The minimum atomic E-state index is -1.71. The van der Waals surface area contributed by atoms with Crippen LogP contribution in [0.15, 0.2) is 114 Å². The average molecular weight is 604 g/mol. The highest BCUT2D eigenvalue weighted by Gasteiger charge is 2.44. The lowest BCUT2D eigenvalue weighted by molar-refractivity contribution is -0.115. The number of rotatable bonds is 14. The van der Waals surface area contributed by atoms with Crippen LogP contribution in [-0.2, 0) is 9.59 Å². The van der Waals surface area contributed by atoms with Crippen LogP contribution in [0.25, 0.3) is 0 Å². The van der Waals surface area contributed by atoms with Crippen LogP contribution in [0.3, 0.4) is 0 Å². The number of ketones is 2. The number of halogens is 1. The maximum atomic E-state index is 12.1. The Morgan fingerprint density at radius 1 is 0.513 bits per heavy atom. The van der Waals surface area contributed by atoms with Crippen molar-refractivity contribution in [1.82, 2.24) is 0 Å². The van der Waals surface area contributed by atoms with Crippen LogP contribution in [0, 0.1) is 0 Å². The number of allylic oxidation sites excluding steroid dienone is 4. The number of unbranched alkanes of at least 4 members (excludes halogenated alkanes) is 7. The van der Waals surface area contributed by atoms with Gasteiger partial charge in [-0.05, 0) is 81.2 Å². The summed E-state index contributed by atoms with van der Waals surface area (Å²) in [5.74, 6) is 0.000357. The quantitative estimate of drug-likeness (QED) is 0.154. The maximum absolute atomic E-state index is 12.1. The van der Waals surface area contributed by atoms with Crippen LogP contribution >= 0.6 is 7.26 Å². The molecule has 0 heterocycles. The summed E-state index contributed by atoms with van der Waals surface area (Å²) in [5, 5.41) is 4.41. The van der Waals surface area contributed by atoms with Crippen LogP contribution in [-0.4, -0.2) is 17.7 Å². The van der Waals surface area contributed by atoms with Gasteiger partial charge in [0.15, 0.2) is 11.6 Å². The van der Waals surface area contributed by atoms with Gasteiger partial charge in [0.1, 0.15) is 23.2 Å². The molecule has 0 aromatic heterocycles. The predicted octanol–water partition coefficient (Wildman–Crippen LogP) is 4.52. The molecule has 0 N–H and O–H groups in total. The largest absolute Gasteiger partial charge is 1.00 e. The molecule has 0 amide bonds. The first-order chi connectivity index (χ1) is 18.6. The molecule has 2 nitrogen and oxygen atoms in total. The first-order valence-corrected chi connectivity index (χ1v) is 16.1. The van der Waals surface area contributed by atoms with Gasteiger partial charge in [0.25, 0.3) is 0 Å². The lowest BCUT2D eigenvalue weighted by atomic mass is 9.94. The second-order valence-electron chi connectivity index (χ2n) is 10.3. The van der Waals surface area contributed by atoms with E-state index < -0.39 is 7.26 Å². The molecule has 0 spiro atoms. The van der Waals surface area contributed by atoms with Gasteiger partial charge in [0.05, 0.1) is 6.16 Å². The van der Waals surface area contributed by atoms with Crippen molar-refractivity contribution in [2.75, 3.05) is 6.16 Å². The zero-order valence-electron chi connectivity index (χ0n) is 23.0. The Bertz CT molecular complexity index is 1150. The Kier molecular flexibility index (Phi) is 12.6. The molecule has 4 rings (SSSR count). The van der Waals surface area contributed by atoms with Crippen LogP contribution < -0.4 is 32.9 Å². The molecule has 0 bridgehead atoms. The van der Waals surface area contributed by atoms with E-state index in [1.54, 1.807) is 13.0 Å². The standard InChI is InChI=1S/C35H40O2P.BrH/c1-29-27-35(37)30(28-34(29)36)19-11-6-4-2-3-5-7-18-26-38(31-20-12-8-13-21-31,32-22-14-9-15-23-32)33-24-16-10-17-25-33;/h8-10,12-17,20-25,27-28H,2-7,11,18-19,26H2,1H3;1H/q+1;/p-1. The van der Waals surface area contributed by atoms with Gasteiger partial charge in [-0.25, -0.2) is 0 Å². The van der Waals surface area contributed by atoms with E-state index in [0.717, 1.165) is 19.3 Å². The third kappa shape index (κ3) is 8.19. The summed E-state index contributed by atoms with van der Waals surface area (Å²) in [5.41, 5.74) is 1.23. The summed E-state index contributed by atoms with van der Waals surface area (Å²) in [4.78, 5) is 23.9. The van der Waals surface area contributed by atoms with E-state index >= 15 is 0 Å². The minimum absolute atomic E-state index is 0. The Hall–Kier alpha value is -2.61. The van der Waals surface area contributed by atoms with E-state index in [9.17, 15) is 9.59 Å². The third-order valence-electron chi connectivity index (χ3n) is 7.64. The summed E-state index contributed by atoms with van der Waals surface area (Å²) in [6.45, 7) is 1.71. The number of carbonyl (C=O) groups excluding carboxylic acids is 2. The summed E-state index contributed by atoms with van der Waals surface area (Å²) in [7, 11) is -1.71. The average Bonchev–Trinajstić information content (AvgIpc) is 2.96. The topological polar surface area (TPSA) is 34.1 Å². The molecule has 204 valence electrons. The van der Waals surface area contributed by atoms with Crippen molar-refractivity contribution in [1.29, 1.82) is 0 Å². The third-order valence-corrected chi connectivity index (χ3v) is 12.2. The van der Waals surface area contributed by atoms with Crippen molar-refractivity contribution in [3.63, 3.8) is 0 Å². The lowest BCUT2D eigenvalue weighted by Crippen LogP contribution is -3.00. The Morgan fingerprint density at radius 3 is 1.38 bits per heavy atom. The monoisotopic (exact) mass is 602 g/mol. The van der Waals surface area contributed by atoms with E-state index in [2.05, 4.69) is 91.0 Å². The fraction of sp³-hybridized carbons (Fsp3) is 0.314. The van der Waals surface area contributed by atoms with E-state index in [4.69, 9.17) is 0 Å². The number of hydrogen-bond acceptors (Lipinski definition) is 2. The van der Waals surface area contributed by atoms with Crippen molar-refractivity contribution in [3.8, 4) is 0 Å². The van der Waals surface area contributed by atoms with Gasteiger partial charge >= 0.3 is 0 Å². The van der Waals surface area contributed by atoms with Crippen molar-refractivity contribution in [2.24, 2.45) is 0 Å². The number of carbonyl (C=O) groups is 2. The first kappa shape index (κ1) is 30.9. The molecule has 0 saturated carbocycles. The van der Waals surface area contributed by atoms with Crippen LogP contribution in [0.2, 0.25) is 0 Å². The molecular weight excluding hydrogens is 563 g/mol. The van der Waals surface area contributed by atoms with Crippen LogP contribution in [0.1, 0.15) is 64.7 Å². The fourth-order valence-corrected chi connectivity index (χ4v) is 9.92. The van der Waals surface area contributed by atoms with Gasteiger partial charge in [-0.15, -0.1) is 0 Å². The van der Waals surface area contributed by atoms with Crippen LogP contribution in [0.5, 0.6) is 0 Å². The molecule has 4 heteroatoms. The summed E-state index contributed by atoms with van der Waals surface area (Å²) >= 11 is 0. The highest BCUT2D eigenvalue weighted by atomic mass is 79.9. The molecule has 39 heavy (non-hydrogen) atoms. The second kappa shape index (κ2) is 15.8. The molecule has 0 atom stereocenters. The zero-order valence-corrected chi connectivity index (χ0v) is 25.5. The van der Waals surface area contributed by atoms with Crippen molar-refractivity contribution >= 4 is 34.7 Å². The molecule has 1 aliphatic carbocycles. The SMILES string of the molecule is CC1=CC(=O)C(CCCCCCCCCC[P+](c2ccccc2)(c2ccccc2)c2ccccc2)=CC1=O.[Br-]. The highest BCUT2D eigenvalue weighted by Crippen LogP contribution is 2.56. The van der Waals surface area contributed by atoms with Gasteiger partial charge in [0.2, 0.25) is 0 Å². The van der Waals surface area contributed by atoms with Crippen molar-refractivity contribution in [3.05, 3.63) is 114 Å². The molecule has 3 aromatic carbocycles. The molecule has 0 unspecified atom stereocenters. The van der Waals surface area contributed by atoms with E-state index in [1.165, 1.54) is 66.7 Å². The van der Waals surface area contributed by atoms with Crippen molar-refractivity contribution in [2.45, 2.75) is 64.7 Å². The van der Waals surface area contributed by atoms with Gasteiger partial charge < -0.3 is 17.0 Å². The normalized spacial score (nSPS) is 13.5. The molecule has 3 aromatic rings. The van der Waals surface area contributed by atoms with Gasteiger partial charge in [0, 0.05) is 11.1 Å². The maximum Gasteiger partial charge on any atom is 0.182 e. The van der Waals surface area contributed by atoms with E-state index in [1.807, 2.05) is 0 Å². The summed E-state index contributed by atoms with van der Waals surface area (Å²) < 4.78 is 0.